The molecule has 0 N–H and O–H groups in total. The third-order valence-corrected chi connectivity index (χ3v) is 5.61. The second kappa shape index (κ2) is 7.05. The van der Waals surface area contributed by atoms with Crippen molar-refractivity contribution in [1.82, 2.24) is 9.55 Å². The van der Waals surface area contributed by atoms with Crippen LogP contribution in [0.25, 0.3) is 21.3 Å². The number of benzene rings is 2. The number of halogens is 1. The smallest absolute Gasteiger partial charge is 0.263 e. The van der Waals surface area contributed by atoms with Gasteiger partial charge in [-0.25, -0.2) is 4.98 Å². The van der Waals surface area contributed by atoms with Gasteiger partial charge in [-0.1, -0.05) is 46.3 Å². The number of rotatable bonds is 4. The van der Waals surface area contributed by atoms with Gasteiger partial charge in [0.15, 0.2) is 0 Å². The molecule has 2 aromatic heterocycles. The molecule has 2 aromatic carbocycles. The average molecular weight is 427 g/mol. The van der Waals surface area contributed by atoms with Crippen LogP contribution in [0, 0.1) is 0 Å². The second-order valence-corrected chi connectivity index (χ2v) is 7.60. The zero-order chi connectivity index (χ0) is 18.1. The quantitative estimate of drug-likeness (QED) is 0.463. The molecule has 0 fully saturated rings. The van der Waals surface area contributed by atoms with E-state index in [0.717, 1.165) is 31.7 Å². The number of methoxy groups -OCH3 is 1. The van der Waals surface area contributed by atoms with Gasteiger partial charge in [0.2, 0.25) is 0 Å². The number of thiophene rings is 1. The first-order valence-corrected chi connectivity index (χ1v) is 9.69. The molecule has 4 aromatic rings. The molecule has 0 bridgehead atoms. The summed E-state index contributed by atoms with van der Waals surface area (Å²) in [5.74, 6) is 0.744. The first-order valence-electron chi connectivity index (χ1n) is 8.02. The number of hydrogen-bond acceptors (Lipinski definition) is 4. The van der Waals surface area contributed by atoms with Crippen LogP contribution in [-0.4, -0.2) is 16.7 Å². The fraction of sp³-hybridized carbons (Fsp3) is 0.100. The predicted molar refractivity (Wildman–Crippen MR) is 109 cm³/mol. The maximum absolute atomic E-state index is 13.1. The number of fused-ring (bicyclic) bond motifs is 1. The molecule has 4 nitrogen and oxygen atoms in total. The summed E-state index contributed by atoms with van der Waals surface area (Å²) in [6.07, 6.45) is 1.61. The topological polar surface area (TPSA) is 44.1 Å². The minimum absolute atomic E-state index is 0.0443. The molecule has 2 heterocycles. The van der Waals surface area contributed by atoms with Crippen LogP contribution in [0.15, 0.2) is 69.5 Å². The lowest BCUT2D eigenvalue weighted by atomic mass is 10.1. The van der Waals surface area contributed by atoms with Crippen molar-refractivity contribution in [3.8, 4) is 16.9 Å². The Morgan fingerprint density at radius 2 is 2.00 bits per heavy atom. The maximum atomic E-state index is 13.1. The van der Waals surface area contributed by atoms with Crippen molar-refractivity contribution in [2.24, 2.45) is 0 Å². The van der Waals surface area contributed by atoms with Crippen molar-refractivity contribution in [2.45, 2.75) is 6.54 Å². The van der Waals surface area contributed by atoms with Gasteiger partial charge in [0.25, 0.3) is 5.56 Å². The van der Waals surface area contributed by atoms with Crippen LogP contribution in [0.3, 0.4) is 0 Å². The molecule has 0 saturated heterocycles. The zero-order valence-electron chi connectivity index (χ0n) is 14.0. The molecule has 6 heteroatoms. The fourth-order valence-electron chi connectivity index (χ4n) is 2.96. The van der Waals surface area contributed by atoms with Gasteiger partial charge in [-0.05, 0) is 23.8 Å². The lowest BCUT2D eigenvalue weighted by Crippen LogP contribution is -2.21. The van der Waals surface area contributed by atoms with Crippen LogP contribution >= 0.6 is 27.3 Å². The first-order chi connectivity index (χ1) is 12.7. The molecule has 0 aliphatic carbocycles. The van der Waals surface area contributed by atoms with E-state index in [9.17, 15) is 4.79 Å². The van der Waals surface area contributed by atoms with E-state index in [4.69, 9.17) is 4.74 Å². The Morgan fingerprint density at radius 3 is 2.77 bits per heavy atom. The lowest BCUT2D eigenvalue weighted by molar-refractivity contribution is 0.408. The summed E-state index contributed by atoms with van der Waals surface area (Å²) in [4.78, 5) is 18.4. The number of nitrogens with zero attached hydrogens (tertiary/aromatic N) is 2. The Labute approximate surface area is 162 Å². The van der Waals surface area contributed by atoms with Crippen molar-refractivity contribution < 1.29 is 4.74 Å². The highest BCUT2D eigenvalue weighted by Crippen LogP contribution is 2.30. The SMILES string of the molecule is COc1ccc(Br)cc1Cn1cnc2scc(-c3ccccc3)c2c1=O. The highest BCUT2D eigenvalue weighted by atomic mass is 79.9. The normalized spacial score (nSPS) is 11.0. The van der Waals surface area contributed by atoms with E-state index in [0.29, 0.717) is 11.9 Å². The van der Waals surface area contributed by atoms with Crippen molar-refractivity contribution in [1.29, 1.82) is 0 Å². The van der Waals surface area contributed by atoms with Crippen molar-refractivity contribution >= 4 is 37.5 Å². The second-order valence-electron chi connectivity index (χ2n) is 5.83. The molecular weight excluding hydrogens is 412 g/mol. The maximum Gasteiger partial charge on any atom is 0.263 e. The summed E-state index contributed by atoms with van der Waals surface area (Å²) in [5, 5.41) is 2.66. The van der Waals surface area contributed by atoms with E-state index in [2.05, 4.69) is 20.9 Å². The van der Waals surface area contributed by atoms with Gasteiger partial charge in [-0.2, -0.15) is 0 Å². The number of hydrogen-bond donors (Lipinski definition) is 0. The Bertz CT molecular complexity index is 1140. The van der Waals surface area contributed by atoms with Crippen LogP contribution in [0.5, 0.6) is 5.75 Å². The zero-order valence-corrected chi connectivity index (χ0v) is 16.4. The summed E-state index contributed by atoms with van der Waals surface area (Å²) in [5.41, 5.74) is 2.83. The minimum atomic E-state index is -0.0443. The van der Waals surface area contributed by atoms with Gasteiger partial charge < -0.3 is 4.74 Å². The summed E-state index contributed by atoms with van der Waals surface area (Å²) < 4.78 is 7.99. The molecular formula is C20H15BrN2O2S. The monoisotopic (exact) mass is 426 g/mol. The third-order valence-electron chi connectivity index (χ3n) is 4.23. The van der Waals surface area contributed by atoms with E-state index in [-0.39, 0.29) is 5.56 Å². The van der Waals surface area contributed by atoms with E-state index in [1.807, 2.05) is 53.9 Å². The van der Waals surface area contributed by atoms with Crippen LogP contribution in [-0.2, 0) is 6.54 Å². The molecule has 0 radical (unpaired) electrons. The first kappa shape index (κ1) is 17.0. The molecule has 0 atom stereocenters. The third kappa shape index (κ3) is 3.06. The molecule has 0 aliphatic heterocycles. The molecule has 130 valence electrons. The van der Waals surface area contributed by atoms with E-state index < -0.39 is 0 Å². The Balaban J connectivity index is 1.84. The van der Waals surface area contributed by atoms with Crippen LogP contribution < -0.4 is 10.3 Å². The Hall–Kier alpha value is -2.44. The van der Waals surface area contributed by atoms with Crippen LogP contribution in [0.1, 0.15) is 5.56 Å². The van der Waals surface area contributed by atoms with Gasteiger partial charge >= 0.3 is 0 Å². The van der Waals surface area contributed by atoms with Gasteiger partial charge in [-0.3, -0.25) is 9.36 Å². The van der Waals surface area contributed by atoms with Crippen LogP contribution in [0.2, 0.25) is 0 Å². The Kier molecular flexibility index (Phi) is 4.61. The molecule has 0 saturated carbocycles. The molecule has 0 spiro atoms. The summed E-state index contributed by atoms with van der Waals surface area (Å²) in [6.45, 7) is 0.397. The van der Waals surface area contributed by atoms with Crippen molar-refractivity contribution in [2.75, 3.05) is 7.11 Å². The van der Waals surface area contributed by atoms with Crippen molar-refractivity contribution in [3.05, 3.63) is 80.6 Å². The Morgan fingerprint density at radius 1 is 1.19 bits per heavy atom. The summed E-state index contributed by atoms with van der Waals surface area (Å²) in [6, 6.07) is 15.7. The highest BCUT2D eigenvalue weighted by Gasteiger charge is 2.14. The fourth-order valence-corrected chi connectivity index (χ4v) is 4.28. The van der Waals surface area contributed by atoms with Gasteiger partial charge in [-0.15, -0.1) is 11.3 Å². The highest BCUT2D eigenvalue weighted by molar-refractivity contribution is 9.10. The molecule has 26 heavy (non-hydrogen) atoms. The summed E-state index contributed by atoms with van der Waals surface area (Å²) in [7, 11) is 1.63. The van der Waals surface area contributed by atoms with Crippen molar-refractivity contribution in [3.63, 3.8) is 0 Å². The van der Waals surface area contributed by atoms with E-state index in [1.165, 1.54) is 11.3 Å². The molecule has 0 amide bonds. The van der Waals surface area contributed by atoms with Gasteiger partial charge in [0.1, 0.15) is 10.6 Å². The molecule has 4 rings (SSSR count). The molecule has 0 unspecified atom stereocenters. The van der Waals surface area contributed by atoms with Gasteiger partial charge in [0.05, 0.1) is 25.4 Å². The molecule has 0 aliphatic rings. The average Bonchev–Trinajstić information content (AvgIpc) is 3.10. The van der Waals surface area contributed by atoms with E-state index in [1.54, 1.807) is 18.0 Å². The van der Waals surface area contributed by atoms with Gasteiger partial charge in [0, 0.05) is 21.0 Å². The van der Waals surface area contributed by atoms with E-state index >= 15 is 0 Å². The summed E-state index contributed by atoms with van der Waals surface area (Å²) >= 11 is 4.97. The number of ether oxygens (including phenoxy) is 1. The van der Waals surface area contributed by atoms with Crippen LogP contribution in [0.4, 0.5) is 0 Å². The lowest BCUT2D eigenvalue weighted by Gasteiger charge is -2.11. The number of aromatic nitrogens is 2. The minimum Gasteiger partial charge on any atom is -0.496 e. The largest absolute Gasteiger partial charge is 0.496 e. The predicted octanol–water partition coefficient (Wildman–Crippen LogP) is 4.94. The standard InChI is InChI=1S/C20H15BrN2O2S/c1-25-17-8-7-15(21)9-14(17)10-23-12-22-19-18(20(23)24)16(11-26-19)13-5-3-2-4-6-13/h2-9,11-12H,10H2,1H3.